The summed E-state index contributed by atoms with van der Waals surface area (Å²) in [6.45, 7) is 6.18. The van der Waals surface area contributed by atoms with Gasteiger partial charge in [0.15, 0.2) is 0 Å². The van der Waals surface area contributed by atoms with Gasteiger partial charge in [-0.15, -0.1) is 0 Å². The van der Waals surface area contributed by atoms with Crippen molar-refractivity contribution in [3.8, 4) is 0 Å². The molecule has 0 spiro atoms. The molecule has 2 fully saturated rings. The molecule has 3 heterocycles. The van der Waals surface area contributed by atoms with E-state index < -0.39 is 0 Å². The number of hydrogen-bond acceptors (Lipinski definition) is 3. The first kappa shape index (κ1) is 18.2. The lowest BCUT2D eigenvalue weighted by atomic mass is 9.94. The van der Waals surface area contributed by atoms with Crippen molar-refractivity contribution < 1.29 is 4.79 Å². The summed E-state index contributed by atoms with van der Waals surface area (Å²) >= 11 is 0. The van der Waals surface area contributed by atoms with Crippen molar-refractivity contribution in [2.24, 2.45) is 0 Å². The molecule has 1 aromatic rings. The summed E-state index contributed by atoms with van der Waals surface area (Å²) in [5.74, 6) is 0.514. The second-order valence-corrected chi connectivity index (χ2v) is 7.47. The minimum Gasteiger partial charge on any atom is -0.338 e. The number of likely N-dealkylation sites (tertiary alicyclic amines) is 2. The van der Waals surface area contributed by atoms with Crippen molar-refractivity contribution >= 4 is 6.03 Å². The third-order valence-electron chi connectivity index (χ3n) is 5.62. The standard InChI is InChI=1S/C19H33N5O/c25-19(20-10-3-6-14-23-12-4-1-2-5-13-23)24-15-8-17(9-16-24)18-7-11-21-22-18/h7,11,17H,1-6,8-10,12-16H2,(H,20,25)(H,21,22). The molecule has 2 N–H and O–H groups in total. The van der Waals surface area contributed by atoms with E-state index in [4.69, 9.17) is 0 Å². The van der Waals surface area contributed by atoms with E-state index in [2.05, 4.69) is 20.4 Å². The quantitative estimate of drug-likeness (QED) is 0.778. The monoisotopic (exact) mass is 347 g/mol. The molecule has 0 bridgehead atoms. The number of amides is 2. The van der Waals surface area contributed by atoms with Crippen LogP contribution in [0.1, 0.15) is 63.0 Å². The predicted octanol–water partition coefficient (Wildman–Crippen LogP) is 2.95. The number of carbonyl (C=O) groups is 1. The van der Waals surface area contributed by atoms with Gasteiger partial charge in [-0.25, -0.2) is 4.79 Å². The maximum absolute atomic E-state index is 12.3. The van der Waals surface area contributed by atoms with Crippen LogP contribution in [-0.4, -0.2) is 65.3 Å². The smallest absolute Gasteiger partial charge is 0.317 e. The predicted molar refractivity (Wildman–Crippen MR) is 99.7 cm³/mol. The van der Waals surface area contributed by atoms with E-state index in [1.165, 1.54) is 57.4 Å². The van der Waals surface area contributed by atoms with Crippen LogP contribution in [0, 0.1) is 0 Å². The maximum atomic E-state index is 12.3. The average Bonchev–Trinajstić information content (AvgIpc) is 3.06. The lowest BCUT2D eigenvalue weighted by Crippen LogP contribution is -2.44. The molecular formula is C19H33N5O. The molecule has 0 saturated carbocycles. The molecular weight excluding hydrogens is 314 g/mol. The van der Waals surface area contributed by atoms with Gasteiger partial charge in [0, 0.05) is 37.4 Å². The Balaban J connectivity index is 1.26. The Kier molecular flexibility index (Phi) is 7.15. The van der Waals surface area contributed by atoms with Gasteiger partial charge in [0.05, 0.1) is 0 Å². The lowest BCUT2D eigenvalue weighted by molar-refractivity contribution is 0.180. The van der Waals surface area contributed by atoms with E-state index in [0.717, 1.165) is 38.9 Å². The minimum absolute atomic E-state index is 0.109. The van der Waals surface area contributed by atoms with Crippen LogP contribution in [0.15, 0.2) is 12.3 Å². The van der Waals surface area contributed by atoms with Gasteiger partial charge >= 0.3 is 6.03 Å². The molecule has 6 heteroatoms. The van der Waals surface area contributed by atoms with Crippen LogP contribution in [0.2, 0.25) is 0 Å². The first-order valence-corrected chi connectivity index (χ1v) is 10.1. The van der Waals surface area contributed by atoms with Crippen molar-refractivity contribution in [1.29, 1.82) is 0 Å². The van der Waals surface area contributed by atoms with Gasteiger partial charge in [0.25, 0.3) is 0 Å². The number of urea groups is 1. The van der Waals surface area contributed by atoms with Crippen molar-refractivity contribution in [2.45, 2.75) is 57.3 Å². The molecule has 25 heavy (non-hydrogen) atoms. The number of piperidine rings is 1. The highest BCUT2D eigenvalue weighted by Gasteiger charge is 2.24. The van der Waals surface area contributed by atoms with Crippen LogP contribution < -0.4 is 5.32 Å². The van der Waals surface area contributed by atoms with Gasteiger partial charge in [-0.1, -0.05) is 12.8 Å². The van der Waals surface area contributed by atoms with Crippen LogP contribution in [0.4, 0.5) is 4.79 Å². The molecule has 6 nitrogen and oxygen atoms in total. The first-order valence-electron chi connectivity index (χ1n) is 10.1. The highest BCUT2D eigenvalue weighted by molar-refractivity contribution is 5.74. The Bertz CT molecular complexity index is 488. The number of nitrogens with one attached hydrogen (secondary N) is 2. The Morgan fingerprint density at radius 3 is 2.56 bits per heavy atom. The van der Waals surface area contributed by atoms with Gasteiger partial charge < -0.3 is 15.1 Å². The van der Waals surface area contributed by atoms with E-state index in [0.29, 0.717) is 5.92 Å². The summed E-state index contributed by atoms with van der Waals surface area (Å²) in [6, 6.07) is 2.16. The van der Waals surface area contributed by atoms with E-state index >= 15 is 0 Å². The highest BCUT2D eigenvalue weighted by Crippen LogP contribution is 2.26. The van der Waals surface area contributed by atoms with Crippen LogP contribution >= 0.6 is 0 Å². The van der Waals surface area contributed by atoms with Gasteiger partial charge in [-0.3, -0.25) is 5.10 Å². The third kappa shape index (κ3) is 5.73. The summed E-state index contributed by atoms with van der Waals surface area (Å²) in [5, 5.41) is 10.2. The van der Waals surface area contributed by atoms with E-state index in [-0.39, 0.29) is 6.03 Å². The highest BCUT2D eigenvalue weighted by atomic mass is 16.2. The molecule has 2 aliphatic heterocycles. The molecule has 140 valence electrons. The number of nitrogens with zero attached hydrogens (tertiary/aromatic N) is 3. The van der Waals surface area contributed by atoms with Crippen molar-refractivity contribution in [3.05, 3.63) is 18.0 Å². The van der Waals surface area contributed by atoms with Crippen LogP contribution in [0.5, 0.6) is 0 Å². The fraction of sp³-hybridized carbons (Fsp3) is 0.789. The fourth-order valence-corrected chi connectivity index (χ4v) is 4.01. The van der Waals surface area contributed by atoms with Crippen LogP contribution in [0.25, 0.3) is 0 Å². The van der Waals surface area contributed by atoms with Crippen LogP contribution in [0.3, 0.4) is 0 Å². The summed E-state index contributed by atoms with van der Waals surface area (Å²) in [6.07, 6.45) is 11.6. The van der Waals surface area contributed by atoms with Crippen molar-refractivity contribution in [2.75, 3.05) is 39.3 Å². The molecule has 3 rings (SSSR count). The summed E-state index contributed by atoms with van der Waals surface area (Å²) in [5.41, 5.74) is 1.20. The number of unbranched alkanes of at least 4 members (excludes halogenated alkanes) is 1. The zero-order valence-corrected chi connectivity index (χ0v) is 15.4. The molecule has 0 atom stereocenters. The number of carbonyl (C=O) groups excluding carboxylic acids is 1. The molecule has 0 unspecified atom stereocenters. The number of aromatic nitrogens is 2. The number of aromatic amines is 1. The molecule has 1 aromatic heterocycles. The Morgan fingerprint density at radius 2 is 1.88 bits per heavy atom. The van der Waals surface area contributed by atoms with Gasteiger partial charge in [-0.2, -0.15) is 5.10 Å². The van der Waals surface area contributed by atoms with E-state index in [9.17, 15) is 4.79 Å². The van der Waals surface area contributed by atoms with Crippen molar-refractivity contribution in [1.82, 2.24) is 25.3 Å². The lowest BCUT2D eigenvalue weighted by Gasteiger charge is -2.31. The maximum Gasteiger partial charge on any atom is 0.317 e. The Labute approximate surface area is 151 Å². The largest absolute Gasteiger partial charge is 0.338 e. The van der Waals surface area contributed by atoms with E-state index in [1.54, 1.807) is 6.20 Å². The average molecular weight is 348 g/mol. The van der Waals surface area contributed by atoms with Crippen molar-refractivity contribution in [3.63, 3.8) is 0 Å². The topological polar surface area (TPSA) is 64.3 Å². The first-order chi connectivity index (χ1) is 12.3. The number of hydrogen-bond donors (Lipinski definition) is 2. The molecule has 2 saturated heterocycles. The van der Waals surface area contributed by atoms with Gasteiger partial charge in [0.2, 0.25) is 0 Å². The SMILES string of the molecule is O=C(NCCCCN1CCCCCC1)N1CCC(c2ccn[nH]2)CC1. The zero-order valence-electron chi connectivity index (χ0n) is 15.4. The third-order valence-corrected chi connectivity index (χ3v) is 5.62. The zero-order chi connectivity index (χ0) is 17.3. The molecule has 2 aliphatic rings. The molecule has 0 radical (unpaired) electrons. The summed E-state index contributed by atoms with van der Waals surface area (Å²) < 4.78 is 0. The fourth-order valence-electron chi connectivity index (χ4n) is 4.01. The second kappa shape index (κ2) is 9.80. The Hall–Kier alpha value is -1.56. The normalized spacial score (nSPS) is 20.4. The van der Waals surface area contributed by atoms with E-state index in [1.807, 2.05) is 11.0 Å². The number of H-pyrrole nitrogens is 1. The molecule has 0 aliphatic carbocycles. The van der Waals surface area contributed by atoms with Crippen LogP contribution in [-0.2, 0) is 0 Å². The minimum atomic E-state index is 0.109. The second-order valence-electron chi connectivity index (χ2n) is 7.47. The summed E-state index contributed by atoms with van der Waals surface area (Å²) in [4.78, 5) is 16.8. The van der Waals surface area contributed by atoms with Gasteiger partial charge in [0.1, 0.15) is 0 Å². The Morgan fingerprint density at radius 1 is 1.12 bits per heavy atom. The number of rotatable bonds is 6. The van der Waals surface area contributed by atoms with Gasteiger partial charge in [-0.05, 0) is 64.2 Å². The molecule has 2 amide bonds. The molecule has 0 aromatic carbocycles. The summed E-state index contributed by atoms with van der Waals surface area (Å²) in [7, 11) is 0.